The van der Waals surface area contributed by atoms with Gasteiger partial charge in [0.1, 0.15) is 6.54 Å². The van der Waals surface area contributed by atoms with Gasteiger partial charge in [0, 0.05) is 32.0 Å². The van der Waals surface area contributed by atoms with Crippen molar-refractivity contribution in [1.29, 1.82) is 0 Å². The molecule has 3 rings (SSSR count). The first-order chi connectivity index (χ1) is 9.79. The highest BCUT2D eigenvalue weighted by atomic mass is 16.5. The highest BCUT2D eigenvalue weighted by Crippen LogP contribution is 2.18. The number of amides is 1. The summed E-state index contributed by atoms with van der Waals surface area (Å²) < 4.78 is 7.03. The Kier molecular flexibility index (Phi) is 4.20. The van der Waals surface area contributed by atoms with E-state index >= 15 is 0 Å². The fourth-order valence-electron chi connectivity index (χ4n) is 2.40. The molecule has 0 radical (unpaired) electrons. The molecule has 1 aromatic rings. The van der Waals surface area contributed by atoms with Gasteiger partial charge in [-0.1, -0.05) is 0 Å². The number of rotatable bonds is 6. The van der Waals surface area contributed by atoms with Gasteiger partial charge in [0.05, 0.1) is 11.9 Å². The molecule has 1 saturated heterocycles. The Balaban J connectivity index is 1.42. The average molecular weight is 278 g/mol. The fourth-order valence-corrected chi connectivity index (χ4v) is 2.40. The van der Waals surface area contributed by atoms with Crippen molar-refractivity contribution in [2.24, 2.45) is 5.92 Å². The Labute approximate surface area is 118 Å². The van der Waals surface area contributed by atoms with Gasteiger partial charge in [-0.05, 0) is 31.6 Å². The normalized spacial score (nSPS) is 19.8. The van der Waals surface area contributed by atoms with E-state index in [-0.39, 0.29) is 5.91 Å². The first-order valence-corrected chi connectivity index (χ1v) is 7.43. The zero-order valence-electron chi connectivity index (χ0n) is 11.7. The van der Waals surface area contributed by atoms with Crippen LogP contribution in [-0.4, -0.2) is 41.5 Å². The lowest BCUT2D eigenvalue weighted by Gasteiger charge is -2.22. The fraction of sp³-hybridized carbons (Fsp3) is 0.714. The summed E-state index contributed by atoms with van der Waals surface area (Å²) in [7, 11) is 0. The minimum atomic E-state index is 0.0478. The molecule has 0 bridgehead atoms. The summed E-state index contributed by atoms with van der Waals surface area (Å²) in [5, 5.41) is 10.6. The van der Waals surface area contributed by atoms with Gasteiger partial charge in [0.15, 0.2) is 0 Å². The molecular weight excluding hydrogens is 256 g/mol. The second kappa shape index (κ2) is 6.26. The van der Waals surface area contributed by atoms with Crippen molar-refractivity contribution in [3.63, 3.8) is 0 Å². The van der Waals surface area contributed by atoms with Crippen molar-refractivity contribution < 1.29 is 9.53 Å². The molecule has 1 aromatic heterocycles. The molecule has 110 valence electrons. The van der Waals surface area contributed by atoms with Gasteiger partial charge in [0.2, 0.25) is 5.91 Å². The Hall–Kier alpha value is -1.56. The van der Waals surface area contributed by atoms with E-state index in [2.05, 4.69) is 15.7 Å². The van der Waals surface area contributed by atoms with Crippen LogP contribution in [0, 0.1) is 5.92 Å². The lowest BCUT2D eigenvalue weighted by atomic mass is 10.0. The Morgan fingerprint density at radius 1 is 1.35 bits per heavy atom. The van der Waals surface area contributed by atoms with E-state index in [4.69, 9.17) is 4.74 Å². The molecule has 2 fully saturated rings. The van der Waals surface area contributed by atoms with Crippen molar-refractivity contribution >= 4 is 11.6 Å². The Morgan fingerprint density at radius 2 is 2.15 bits per heavy atom. The van der Waals surface area contributed by atoms with Gasteiger partial charge < -0.3 is 15.4 Å². The molecule has 0 aromatic carbocycles. The minimum absolute atomic E-state index is 0.0478. The summed E-state index contributed by atoms with van der Waals surface area (Å²) in [4.78, 5) is 11.7. The second-order valence-electron chi connectivity index (χ2n) is 5.71. The maximum atomic E-state index is 11.7. The van der Waals surface area contributed by atoms with Crippen molar-refractivity contribution in [3.05, 3.63) is 12.4 Å². The molecule has 1 saturated carbocycles. The Bertz CT molecular complexity index is 450. The first-order valence-electron chi connectivity index (χ1n) is 7.43. The quantitative estimate of drug-likeness (QED) is 0.814. The molecular formula is C14H22N4O2. The zero-order valence-corrected chi connectivity index (χ0v) is 11.7. The van der Waals surface area contributed by atoms with Crippen molar-refractivity contribution in [2.75, 3.05) is 25.1 Å². The van der Waals surface area contributed by atoms with E-state index in [0.717, 1.165) is 51.1 Å². The minimum Gasteiger partial charge on any atom is -0.382 e. The molecule has 2 N–H and O–H groups in total. The van der Waals surface area contributed by atoms with Crippen LogP contribution in [0.3, 0.4) is 0 Å². The van der Waals surface area contributed by atoms with Crippen LogP contribution in [0.1, 0.15) is 25.7 Å². The van der Waals surface area contributed by atoms with E-state index in [1.54, 1.807) is 10.9 Å². The van der Waals surface area contributed by atoms with Crippen LogP contribution >= 0.6 is 0 Å². The van der Waals surface area contributed by atoms with Crippen LogP contribution in [0.2, 0.25) is 0 Å². The van der Waals surface area contributed by atoms with Crippen LogP contribution in [0.25, 0.3) is 0 Å². The summed E-state index contributed by atoms with van der Waals surface area (Å²) in [6, 6.07) is 0.407. The Morgan fingerprint density at radius 3 is 2.90 bits per heavy atom. The van der Waals surface area contributed by atoms with E-state index in [0.29, 0.717) is 18.5 Å². The van der Waals surface area contributed by atoms with E-state index in [1.807, 2.05) is 6.20 Å². The lowest BCUT2D eigenvalue weighted by Crippen LogP contribution is -2.29. The van der Waals surface area contributed by atoms with E-state index in [9.17, 15) is 4.79 Å². The van der Waals surface area contributed by atoms with Crippen molar-refractivity contribution in [3.8, 4) is 0 Å². The van der Waals surface area contributed by atoms with Crippen LogP contribution < -0.4 is 10.6 Å². The number of ether oxygens (including phenoxy) is 1. The highest BCUT2D eigenvalue weighted by Gasteiger charge is 2.23. The number of nitrogens with one attached hydrogen (secondary N) is 2. The molecule has 1 amide bonds. The average Bonchev–Trinajstić information content (AvgIpc) is 3.15. The number of hydrogen-bond donors (Lipinski definition) is 2. The molecule has 20 heavy (non-hydrogen) atoms. The number of anilines is 1. The largest absolute Gasteiger partial charge is 0.382 e. The highest BCUT2D eigenvalue weighted by molar-refractivity contribution is 5.76. The van der Waals surface area contributed by atoms with E-state index in [1.165, 1.54) is 0 Å². The van der Waals surface area contributed by atoms with Crippen LogP contribution in [0.15, 0.2) is 12.4 Å². The molecule has 0 spiro atoms. The van der Waals surface area contributed by atoms with Gasteiger partial charge >= 0.3 is 0 Å². The van der Waals surface area contributed by atoms with Crippen molar-refractivity contribution in [2.45, 2.75) is 38.3 Å². The molecule has 2 aliphatic rings. The lowest BCUT2D eigenvalue weighted by molar-refractivity contribution is -0.122. The number of hydrogen-bond acceptors (Lipinski definition) is 4. The summed E-state index contributed by atoms with van der Waals surface area (Å²) in [5.74, 6) is 0.719. The third-order valence-electron chi connectivity index (χ3n) is 3.82. The van der Waals surface area contributed by atoms with E-state index < -0.39 is 0 Å². The number of nitrogens with zero attached hydrogens (tertiary/aromatic N) is 2. The first kappa shape index (κ1) is 13.4. The smallest absolute Gasteiger partial charge is 0.241 e. The number of carbonyl (C=O) groups excluding carboxylic acids is 1. The zero-order chi connectivity index (χ0) is 13.8. The molecule has 6 heteroatoms. The van der Waals surface area contributed by atoms with Crippen LogP contribution in [0.4, 0.5) is 5.69 Å². The third-order valence-corrected chi connectivity index (χ3v) is 3.82. The van der Waals surface area contributed by atoms with Crippen molar-refractivity contribution in [1.82, 2.24) is 15.1 Å². The molecule has 1 aliphatic heterocycles. The second-order valence-corrected chi connectivity index (χ2v) is 5.71. The maximum absolute atomic E-state index is 11.7. The standard InChI is InChI=1S/C14H22N4O2/c19-14(17-12-1-2-12)10-18-9-13(8-16-18)15-7-11-3-5-20-6-4-11/h8-9,11-12,15H,1-7,10H2,(H,17,19). The van der Waals surface area contributed by atoms with Crippen LogP contribution in [-0.2, 0) is 16.1 Å². The van der Waals surface area contributed by atoms with Gasteiger partial charge in [-0.2, -0.15) is 5.10 Å². The molecule has 1 aliphatic carbocycles. The summed E-state index contributed by atoms with van der Waals surface area (Å²) in [5.41, 5.74) is 0.982. The summed E-state index contributed by atoms with van der Waals surface area (Å²) >= 11 is 0. The number of aromatic nitrogens is 2. The monoisotopic (exact) mass is 278 g/mol. The predicted molar refractivity (Wildman–Crippen MR) is 75.4 cm³/mol. The molecule has 2 heterocycles. The molecule has 0 unspecified atom stereocenters. The predicted octanol–water partition coefficient (Wildman–Crippen LogP) is 1.00. The van der Waals surface area contributed by atoms with Gasteiger partial charge in [0.25, 0.3) is 0 Å². The van der Waals surface area contributed by atoms with Crippen LogP contribution in [0.5, 0.6) is 0 Å². The third kappa shape index (κ3) is 3.96. The SMILES string of the molecule is O=C(Cn1cc(NCC2CCOCC2)cn1)NC1CC1. The summed E-state index contributed by atoms with van der Waals surface area (Å²) in [6.45, 7) is 2.98. The van der Waals surface area contributed by atoms with Gasteiger partial charge in [-0.25, -0.2) is 0 Å². The topological polar surface area (TPSA) is 68.2 Å². The molecule has 6 nitrogen and oxygen atoms in total. The number of carbonyl (C=O) groups is 1. The summed E-state index contributed by atoms with van der Waals surface area (Å²) in [6.07, 6.45) is 8.14. The maximum Gasteiger partial charge on any atom is 0.241 e. The van der Waals surface area contributed by atoms with Gasteiger partial charge in [-0.15, -0.1) is 0 Å². The molecule has 0 atom stereocenters. The van der Waals surface area contributed by atoms with Gasteiger partial charge in [-0.3, -0.25) is 9.48 Å².